The van der Waals surface area contributed by atoms with Gasteiger partial charge >= 0.3 is 0 Å². The van der Waals surface area contributed by atoms with Crippen LogP contribution in [0.3, 0.4) is 0 Å². The number of anilines is 1. The lowest BCUT2D eigenvalue weighted by Gasteiger charge is -2.05. The first-order valence-corrected chi connectivity index (χ1v) is 5.81. The fourth-order valence-corrected chi connectivity index (χ4v) is 1.86. The normalized spacial score (nSPS) is 10.2. The van der Waals surface area contributed by atoms with Gasteiger partial charge in [0.2, 0.25) is 0 Å². The SMILES string of the molecule is Nc1ccc(C(=O)NCc2cscn2)c(F)c1. The number of carbonyl (C=O) groups excluding carboxylic acids is 1. The van der Waals surface area contributed by atoms with Gasteiger partial charge in [-0.3, -0.25) is 4.79 Å². The van der Waals surface area contributed by atoms with Gasteiger partial charge in [-0.2, -0.15) is 0 Å². The van der Waals surface area contributed by atoms with Crippen LogP contribution in [0.4, 0.5) is 10.1 Å². The number of hydrogen-bond donors (Lipinski definition) is 2. The third kappa shape index (κ3) is 2.79. The summed E-state index contributed by atoms with van der Waals surface area (Å²) in [5, 5.41) is 4.41. The molecule has 0 bridgehead atoms. The molecule has 6 heteroatoms. The molecule has 17 heavy (non-hydrogen) atoms. The molecule has 0 unspecified atom stereocenters. The third-order valence-corrected chi connectivity index (χ3v) is 2.79. The number of halogens is 1. The Morgan fingerprint density at radius 1 is 1.53 bits per heavy atom. The van der Waals surface area contributed by atoms with Crippen molar-refractivity contribution in [2.24, 2.45) is 0 Å². The number of amides is 1. The molecule has 0 aliphatic heterocycles. The molecule has 0 saturated carbocycles. The number of nitrogens with zero attached hydrogens (tertiary/aromatic N) is 1. The van der Waals surface area contributed by atoms with Crippen LogP contribution in [-0.4, -0.2) is 10.9 Å². The summed E-state index contributed by atoms with van der Waals surface area (Å²) in [4.78, 5) is 15.7. The molecule has 2 rings (SSSR count). The Kier molecular flexibility index (Phi) is 3.34. The highest BCUT2D eigenvalue weighted by atomic mass is 32.1. The fourth-order valence-electron chi connectivity index (χ4n) is 1.31. The van der Waals surface area contributed by atoms with Gasteiger partial charge in [-0.25, -0.2) is 9.37 Å². The van der Waals surface area contributed by atoms with Crippen LogP contribution >= 0.6 is 11.3 Å². The standard InChI is InChI=1S/C11H10FN3OS/c12-10-3-7(13)1-2-9(10)11(16)14-4-8-5-17-6-15-8/h1-3,5-6H,4,13H2,(H,14,16). The van der Waals surface area contributed by atoms with Crippen LogP contribution in [0.2, 0.25) is 0 Å². The highest BCUT2D eigenvalue weighted by Crippen LogP contribution is 2.11. The number of nitrogen functional groups attached to an aromatic ring is 1. The van der Waals surface area contributed by atoms with Crippen LogP contribution in [0.1, 0.15) is 16.1 Å². The number of benzene rings is 1. The first-order valence-electron chi connectivity index (χ1n) is 4.87. The van der Waals surface area contributed by atoms with E-state index in [-0.39, 0.29) is 12.1 Å². The maximum absolute atomic E-state index is 13.4. The summed E-state index contributed by atoms with van der Waals surface area (Å²) >= 11 is 1.44. The number of hydrogen-bond acceptors (Lipinski definition) is 4. The maximum Gasteiger partial charge on any atom is 0.254 e. The van der Waals surface area contributed by atoms with E-state index in [2.05, 4.69) is 10.3 Å². The maximum atomic E-state index is 13.4. The Morgan fingerprint density at radius 2 is 2.35 bits per heavy atom. The van der Waals surface area contributed by atoms with Crippen LogP contribution in [0, 0.1) is 5.82 Å². The molecular weight excluding hydrogens is 241 g/mol. The van der Waals surface area contributed by atoms with E-state index >= 15 is 0 Å². The Balaban J connectivity index is 2.04. The lowest BCUT2D eigenvalue weighted by atomic mass is 10.2. The van der Waals surface area contributed by atoms with Crippen molar-refractivity contribution in [3.05, 3.63) is 46.2 Å². The van der Waals surface area contributed by atoms with Crippen molar-refractivity contribution in [1.82, 2.24) is 10.3 Å². The van der Waals surface area contributed by atoms with Gasteiger partial charge in [0, 0.05) is 11.1 Å². The van der Waals surface area contributed by atoms with E-state index in [9.17, 15) is 9.18 Å². The van der Waals surface area contributed by atoms with Crippen molar-refractivity contribution in [2.45, 2.75) is 6.54 Å². The second-order valence-corrected chi connectivity index (χ2v) is 4.12. The zero-order valence-electron chi connectivity index (χ0n) is 8.81. The van der Waals surface area contributed by atoms with Crippen molar-refractivity contribution in [3.8, 4) is 0 Å². The van der Waals surface area contributed by atoms with Crippen molar-refractivity contribution in [2.75, 3.05) is 5.73 Å². The molecule has 0 atom stereocenters. The summed E-state index contributed by atoms with van der Waals surface area (Å²) < 4.78 is 13.4. The molecule has 0 radical (unpaired) electrons. The van der Waals surface area contributed by atoms with E-state index in [1.54, 1.807) is 5.51 Å². The Labute approximate surface area is 101 Å². The first kappa shape index (κ1) is 11.5. The summed E-state index contributed by atoms with van der Waals surface area (Å²) in [5.41, 5.74) is 8.09. The summed E-state index contributed by atoms with van der Waals surface area (Å²) in [7, 11) is 0. The predicted molar refractivity (Wildman–Crippen MR) is 64.1 cm³/mol. The highest BCUT2D eigenvalue weighted by Gasteiger charge is 2.11. The smallest absolute Gasteiger partial charge is 0.254 e. The van der Waals surface area contributed by atoms with E-state index in [4.69, 9.17) is 5.73 Å². The van der Waals surface area contributed by atoms with E-state index in [1.165, 1.54) is 23.5 Å². The topological polar surface area (TPSA) is 68.0 Å². The molecular formula is C11H10FN3OS. The molecule has 0 aliphatic rings. The molecule has 1 aromatic heterocycles. The molecule has 2 aromatic rings. The van der Waals surface area contributed by atoms with Crippen LogP contribution in [0.25, 0.3) is 0 Å². The van der Waals surface area contributed by atoms with Crippen molar-refractivity contribution < 1.29 is 9.18 Å². The minimum atomic E-state index is -0.624. The molecule has 0 spiro atoms. The number of aromatic nitrogens is 1. The van der Waals surface area contributed by atoms with Crippen LogP contribution in [-0.2, 0) is 6.54 Å². The van der Waals surface area contributed by atoms with Gasteiger partial charge in [0.25, 0.3) is 5.91 Å². The molecule has 4 nitrogen and oxygen atoms in total. The third-order valence-electron chi connectivity index (χ3n) is 2.15. The number of nitrogens with one attached hydrogen (secondary N) is 1. The van der Waals surface area contributed by atoms with Crippen LogP contribution in [0.5, 0.6) is 0 Å². The van der Waals surface area contributed by atoms with Gasteiger partial charge in [-0.05, 0) is 18.2 Å². The zero-order valence-corrected chi connectivity index (χ0v) is 9.63. The van der Waals surface area contributed by atoms with E-state index in [1.807, 2.05) is 5.38 Å². The zero-order chi connectivity index (χ0) is 12.3. The van der Waals surface area contributed by atoms with Gasteiger partial charge in [0.1, 0.15) is 5.82 Å². The lowest BCUT2D eigenvalue weighted by molar-refractivity contribution is 0.0946. The van der Waals surface area contributed by atoms with E-state index in [0.717, 1.165) is 11.8 Å². The van der Waals surface area contributed by atoms with Crippen LogP contribution < -0.4 is 11.1 Å². The molecule has 1 heterocycles. The van der Waals surface area contributed by atoms with Gasteiger partial charge < -0.3 is 11.1 Å². The fraction of sp³-hybridized carbons (Fsp3) is 0.0909. The summed E-state index contributed by atoms with van der Waals surface area (Å²) in [5.74, 6) is -1.10. The largest absolute Gasteiger partial charge is 0.399 e. The quantitative estimate of drug-likeness (QED) is 0.817. The highest BCUT2D eigenvalue weighted by molar-refractivity contribution is 7.07. The number of nitrogens with two attached hydrogens (primary N) is 1. The summed E-state index contributed by atoms with van der Waals surface area (Å²) in [6.45, 7) is 0.284. The summed E-state index contributed by atoms with van der Waals surface area (Å²) in [6.07, 6.45) is 0. The number of thiazole rings is 1. The average Bonchev–Trinajstić information content (AvgIpc) is 2.78. The lowest BCUT2D eigenvalue weighted by Crippen LogP contribution is -2.24. The van der Waals surface area contributed by atoms with Crippen molar-refractivity contribution in [1.29, 1.82) is 0 Å². The van der Waals surface area contributed by atoms with Gasteiger partial charge in [0.05, 0.1) is 23.3 Å². The molecule has 3 N–H and O–H groups in total. The minimum Gasteiger partial charge on any atom is -0.399 e. The van der Waals surface area contributed by atoms with Crippen molar-refractivity contribution in [3.63, 3.8) is 0 Å². The van der Waals surface area contributed by atoms with Crippen molar-refractivity contribution >= 4 is 22.9 Å². The monoisotopic (exact) mass is 251 g/mol. The molecule has 0 saturated heterocycles. The van der Waals surface area contributed by atoms with Gasteiger partial charge in [-0.15, -0.1) is 11.3 Å². The van der Waals surface area contributed by atoms with E-state index in [0.29, 0.717) is 5.69 Å². The number of carbonyl (C=O) groups is 1. The Bertz CT molecular complexity index is 528. The first-order chi connectivity index (χ1) is 8.16. The average molecular weight is 251 g/mol. The Hall–Kier alpha value is -1.95. The van der Waals surface area contributed by atoms with Gasteiger partial charge in [-0.1, -0.05) is 0 Å². The molecule has 1 aromatic carbocycles. The second kappa shape index (κ2) is 4.92. The second-order valence-electron chi connectivity index (χ2n) is 3.40. The molecule has 1 amide bonds. The molecule has 88 valence electrons. The Morgan fingerprint density at radius 3 is 3.00 bits per heavy atom. The van der Waals surface area contributed by atoms with E-state index < -0.39 is 11.7 Å². The summed E-state index contributed by atoms with van der Waals surface area (Å²) in [6, 6.07) is 3.97. The molecule has 0 fully saturated rings. The molecule has 0 aliphatic carbocycles. The van der Waals surface area contributed by atoms with Crippen LogP contribution in [0.15, 0.2) is 29.1 Å². The number of rotatable bonds is 3. The minimum absolute atomic E-state index is 0.0190. The predicted octanol–water partition coefficient (Wildman–Crippen LogP) is 1.79. The van der Waals surface area contributed by atoms with Gasteiger partial charge in [0.15, 0.2) is 0 Å².